The van der Waals surface area contributed by atoms with Crippen LogP contribution in [0.4, 0.5) is 4.39 Å². The third-order valence-corrected chi connectivity index (χ3v) is 3.36. The van der Waals surface area contributed by atoms with Crippen LogP contribution in [0, 0.1) is 5.82 Å². The molecule has 21 heavy (non-hydrogen) atoms. The van der Waals surface area contributed by atoms with E-state index in [2.05, 4.69) is 0 Å². The molecule has 0 bridgehead atoms. The van der Waals surface area contributed by atoms with Crippen LogP contribution in [0.15, 0.2) is 46.9 Å². The van der Waals surface area contributed by atoms with Gasteiger partial charge in [0.15, 0.2) is 5.76 Å². The van der Waals surface area contributed by atoms with Crippen LogP contribution in [0.1, 0.15) is 16.1 Å². The van der Waals surface area contributed by atoms with E-state index in [0.717, 1.165) is 0 Å². The average Bonchev–Trinajstić information content (AvgIpc) is 2.89. The number of hydrogen-bond donors (Lipinski definition) is 0. The van der Waals surface area contributed by atoms with E-state index >= 15 is 0 Å². The molecule has 3 nitrogen and oxygen atoms in total. The lowest BCUT2D eigenvalue weighted by atomic mass is 10.1. The fourth-order valence-corrected chi connectivity index (χ4v) is 2.32. The molecule has 0 saturated carbocycles. The summed E-state index contributed by atoms with van der Waals surface area (Å²) in [4.78, 5) is 12.5. The second-order valence-corrected chi connectivity index (χ2v) is 4.88. The molecule has 0 aliphatic rings. The highest BCUT2D eigenvalue weighted by Crippen LogP contribution is 2.28. The summed E-state index contributed by atoms with van der Waals surface area (Å²) >= 11 is 5.89. The molecule has 5 heteroatoms. The van der Waals surface area contributed by atoms with Crippen molar-refractivity contribution >= 4 is 28.4 Å². The first-order chi connectivity index (χ1) is 10.1. The molecular weight excluding hydrogens is 295 g/mol. The monoisotopic (exact) mass is 304 g/mol. The summed E-state index contributed by atoms with van der Waals surface area (Å²) < 4.78 is 24.4. The van der Waals surface area contributed by atoms with Gasteiger partial charge in [0.2, 0.25) is 5.78 Å². The minimum Gasteiger partial charge on any atom is -0.496 e. The zero-order valence-corrected chi connectivity index (χ0v) is 11.8. The van der Waals surface area contributed by atoms with Crippen molar-refractivity contribution in [2.75, 3.05) is 7.11 Å². The summed E-state index contributed by atoms with van der Waals surface area (Å²) in [5, 5.41) is 1.21. The number of halogens is 2. The van der Waals surface area contributed by atoms with Gasteiger partial charge in [0.05, 0.1) is 7.11 Å². The topological polar surface area (TPSA) is 39.4 Å². The molecule has 0 spiro atoms. The molecule has 0 atom stereocenters. The van der Waals surface area contributed by atoms with Gasteiger partial charge < -0.3 is 9.15 Å². The fourth-order valence-electron chi connectivity index (χ4n) is 2.14. The average molecular weight is 305 g/mol. The van der Waals surface area contributed by atoms with Gasteiger partial charge in [-0.2, -0.15) is 0 Å². The summed E-state index contributed by atoms with van der Waals surface area (Å²) in [6.07, 6.45) is 0. The van der Waals surface area contributed by atoms with Crippen molar-refractivity contribution in [1.82, 2.24) is 0 Å². The van der Waals surface area contributed by atoms with Gasteiger partial charge in [0.1, 0.15) is 22.7 Å². The minimum atomic E-state index is -0.655. The molecule has 0 fully saturated rings. The normalized spacial score (nSPS) is 10.8. The number of hydrogen-bond acceptors (Lipinski definition) is 3. The Balaban J connectivity index is 2.12. The molecule has 0 N–H and O–H groups in total. The fraction of sp³-hybridized carbons (Fsp3) is 0.0625. The van der Waals surface area contributed by atoms with Crippen molar-refractivity contribution in [3.63, 3.8) is 0 Å². The third kappa shape index (κ3) is 2.38. The van der Waals surface area contributed by atoms with Crippen molar-refractivity contribution in [3.05, 3.63) is 64.6 Å². The molecule has 106 valence electrons. The molecule has 0 saturated heterocycles. The SMILES string of the molecule is COc1cccc(F)c1C(=O)c1cc2cc(Cl)ccc2o1. The van der Waals surface area contributed by atoms with Crippen molar-refractivity contribution in [1.29, 1.82) is 0 Å². The number of benzene rings is 2. The van der Waals surface area contributed by atoms with Gasteiger partial charge in [0.25, 0.3) is 0 Å². The van der Waals surface area contributed by atoms with Crippen molar-refractivity contribution in [2.24, 2.45) is 0 Å². The Bertz CT molecular complexity index is 839. The van der Waals surface area contributed by atoms with Gasteiger partial charge in [-0.3, -0.25) is 4.79 Å². The van der Waals surface area contributed by atoms with Gasteiger partial charge in [-0.05, 0) is 36.4 Å². The van der Waals surface area contributed by atoms with Gasteiger partial charge >= 0.3 is 0 Å². The van der Waals surface area contributed by atoms with Crippen LogP contribution in [-0.4, -0.2) is 12.9 Å². The van der Waals surface area contributed by atoms with Gasteiger partial charge in [-0.1, -0.05) is 17.7 Å². The minimum absolute atomic E-state index is 0.0377. The highest BCUT2D eigenvalue weighted by molar-refractivity contribution is 6.31. The van der Waals surface area contributed by atoms with Gasteiger partial charge in [-0.15, -0.1) is 0 Å². The predicted molar refractivity (Wildman–Crippen MR) is 77.6 cm³/mol. The molecule has 2 aromatic carbocycles. The Morgan fingerprint density at radius 3 is 2.81 bits per heavy atom. The number of furan rings is 1. The summed E-state index contributed by atoms with van der Waals surface area (Å²) in [5.41, 5.74) is 0.364. The Kier molecular flexibility index (Phi) is 3.39. The standard InChI is InChI=1S/C16H10ClFO3/c1-20-13-4-2-3-11(18)15(13)16(19)14-8-9-7-10(17)5-6-12(9)21-14/h2-8H,1H3. The lowest BCUT2D eigenvalue weighted by Gasteiger charge is -2.06. The van der Waals surface area contributed by atoms with Crippen LogP contribution in [-0.2, 0) is 0 Å². The van der Waals surface area contributed by atoms with E-state index in [1.807, 2.05) is 0 Å². The predicted octanol–water partition coefficient (Wildman–Crippen LogP) is 4.46. The first kappa shape index (κ1) is 13.6. The first-order valence-electron chi connectivity index (χ1n) is 6.16. The zero-order valence-electron chi connectivity index (χ0n) is 11.0. The lowest BCUT2D eigenvalue weighted by molar-refractivity contribution is 0.100. The van der Waals surface area contributed by atoms with Crippen LogP contribution in [0.2, 0.25) is 5.02 Å². The van der Waals surface area contributed by atoms with Gasteiger partial charge in [-0.25, -0.2) is 4.39 Å². The van der Waals surface area contributed by atoms with Gasteiger partial charge in [0, 0.05) is 10.4 Å². The molecule has 0 unspecified atom stereocenters. The number of carbonyl (C=O) groups excluding carboxylic acids is 1. The number of methoxy groups -OCH3 is 1. The quantitative estimate of drug-likeness (QED) is 0.670. The number of ketones is 1. The van der Waals surface area contributed by atoms with E-state index in [9.17, 15) is 9.18 Å². The van der Waals surface area contributed by atoms with Crippen LogP contribution in [0.5, 0.6) is 5.75 Å². The molecule has 1 heterocycles. The highest BCUT2D eigenvalue weighted by atomic mass is 35.5. The molecule has 0 aliphatic heterocycles. The molecule has 0 radical (unpaired) electrons. The zero-order chi connectivity index (χ0) is 15.0. The molecule has 0 amide bonds. The van der Waals surface area contributed by atoms with E-state index in [-0.39, 0.29) is 17.1 Å². The number of fused-ring (bicyclic) bond motifs is 1. The van der Waals surface area contributed by atoms with Crippen molar-refractivity contribution in [3.8, 4) is 5.75 Å². The van der Waals surface area contributed by atoms with E-state index in [0.29, 0.717) is 16.0 Å². The van der Waals surface area contributed by atoms with Crippen LogP contribution < -0.4 is 4.74 Å². The Labute approximate surface area is 124 Å². The maximum absolute atomic E-state index is 13.9. The smallest absolute Gasteiger partial charge is 0.234 e. The van der Waals surface area contributed by atoms with E-state index in [1.165, 1.54) is 31.4 Å². The lowest BCUT2D eigenvalue weighted by Crippen LogP contribution is -2.05. The number of carbonyl (C=O) groups is 1. The number of ether oxygens (including phenoxy) is 1. The largest absolute Gasteiger partial charge is 0.496 e. The Morgan fingerprint density at radius 1 is 1.24 bits per heavy atom. The van der Waals surface area contributed by atoms with E-state index in [4.69, 9.17) is 20.8 Å². The van der Waals surface area contributed by atoms with Crippen LogP contribution in [0.3, 0.4) is 0 Å². The Morgan fingerprint density at radius 2 is 2.05 bits per heavy atom. The first-order valence-corrected chi connectivity index (χ1v) is 6.54. The second-order valence-electron chi connectivity index (χ2n) is 4.44. The summed E-state index contributed by atoms with van der Waals surface area (Å²) in [6, 6.07) is 10.7. The van der Waals surface area contributed by atoms with Crippen molar-refractivity contribution < 1.29 is 18.3 Å². The Hall–Kier alpha value is -2.33. The third-order valence-electron chi connectivity index (χ3n) is 3.12. The molecule has 0 aliphatic carbocycles. The molecule has 3 rings (SSSR count). The maximum Gasteiger partial charge on any atom is 0.234 e. The van der Waals surface area contributed by atoms with E-state index in [1.54, 1.807) is 18.2 Å². The van der Waals surface area contributed by atoms with Crippen LogP contribution >= 0.6 is 11.6 Å². The molecule has 3 aromatic rings. The summed E-state index contributed by atoms with van der Waals surface area (Å²) in [5.74, 6) is -1.02. The highest BCUT2D eigenvalue weighted by Gasteiger charge is 2.22. The molecular formula is C16H10ClFO3. The van der Waals surface area contributed by atoms with E-state index < -0.39 is 11.6 Å². The molecule has 1 aromatic heterocycles. The van der Waals surface area contributed by atoms with Crippen LogP contribution in [0.25, 0.3) is 11.0 Å². The summed E-state index contributed by atoms with van der Waals surface area (Å²) in [6.45, 7) is 0. The van der Waals surface area contributed by atoms with Crippen molar-refractivity contribution in [2.45, 2.75) is 0 Å². The number of rotatable bonds is 3. The maximum atomic E-state index is 13.9. The second kappa shape index (κ2) is 5.22. The summed E-state index contributed by atoms with van der Waals surface area (Å²) in [7, 11) is 1.38.